The second-order valence-electron chi connectivity index (χ2n) is 4.77. The summed E-state index contributed by atoms with van der Waals surface area (Å²) in [5.74, 6) is 0. The minimum atomic E-state index is -0.291. The van der Waals surface area contributed by atoms with Crippen molar-refractivity contribution < 1.29 is 5.11 Å². The number of rotatable bonds is 6. The minimum Gasteiger partial charge on any atom is -0.390 e. The number of benzene rings is 1. The van der Waals surface area contributed by atoms with Gasteiger partial charge in [-0.25, -0.2) is 0 Å². The first-order valence-corrected chi connectivity index (χ1v) is 7.79. The Balaban J connectivity index is 1.75. The largest absolute Gasteiger partial charge is 0.390 e. The second-order valence-corrected chi connectivity index (χ2v) is 5.65. The van der Waals surface area contributed by atoms with E-state index in [9.17, 15) is 5.11 Å². The van der Waals surface area contributed by atoms with Crippen molar-refractivity contribution in [3.05, 3.63) is 24.3 Å². The van der Waals surface area contributed by atoms with E-state index in [0.717, 1.165) is 25.3 Å². The predicted molar refractivity (Wildman–Crippen MR) is 78.4 cm³/mol. The highest BCUT2D eigenvalue weighted by atomic mass is 32.2. The van der Waals surface area contributed by atoms with E-state index in [-0.39, 0.29) is 6.10 Å². The van der Waals surface area contributed by atoms with Crippen molar-refractivity contribution in [1.29, 1.82) is 0 Å². The van der Waals surface area contributed by atoms with Crippen LogP contribution in [0.1, 0.15) is 12.8 Å². The van der Waals surface area contributed by atoms with Crippen LogP contribution in [-0.4, -0.2) is 48.5 Å². The Kier molecular flexibility index (Phi) is 5.35. The molecule has 1 unspecified atom stereocenters. The van der Waals surface area contributed by atoms with Crippen molar-refractivity contribution in [3.8, 4) is 0 Å². The number of anilines is 1. The highest BCUT2D eigenvalue weighted by Crippen LogP contribution is 2.18. The van der Waals surface area contributed by atoms with Crippen molar-refractivity contribution in [2.24, 2.45) is 0 Å². The average Bonchev–Trinajstić information content (AvgIpc) is 2.89. The molecule has 0 radical (unpaired) electrons. The molecule has 0 amide bonds. The van der Waals surface area contributed by atoms with E-state index in [1.54, 1.807) is 11.8 Å². The Hall–Kier alpha value is -0.710. The average molecular weight is 266 g/mol. The van der Waals surface area contributed by atoms with E-state index in [1.807, 2.05) is 12.1 Å². The highest BCUT2D eigenvalue weighted by molar-refractivity contribution is 7.98. The molecule has 1 heterocycles. The van der Waals surface area contributed by atoms with E-state index in [0.29, 0.717) is 6.54 Å². The van der Waals surface area contributed by atoms with Gasteiger partial charge < -0.3 is 15.3 Å². The molecule has 2 rings (SSSR count). The lowest BCUT2D eigenvalue weighted by atomic mass is 10.3. The van der Waals surface area contributed by atoms with Crippen LogP contribution in [0.2, 0.25) is 0 Å². The van der Waals surface area contributed by atoms with E-state index in [4.69, 9.17) is 0 Å². The molecule has 0 bridgehead atoms. The number of aliphatic hydroxyl groups is 1. The van der Waals surface area contributed by atoms with Gasteiger partial charge in [0.1, 0.15) is 0 Å². The molecule has 0 saturated carbocycles. The molecule has 4 heteroatoms. The Morgan fingerprint density at radius 3 is 2.89 bits per heavy atom. The number of β-amino-alcohol motifs (C(OH)–C–C–N with tert-alkyl or cyclic N) is 1. The minimum absolute atomic E-state index is 0.291. The summed E-state index contributed by atoms with van der Waals surface area (Å²) < 4.78 is 0. The SMILES string of the molecule is CSc1cccc(NCC(O)CN2CCCC2)c1. The molecule has 1 aromatic carbocycles. The fourth-order valence-electron chi connectivity index (χ4n) is 2.30. The van der Waals surface area contributed by atoms with Crippen molar-refractivity contribution in [2.75, 3.05) is 37.8 Å². The van der Waals surface area contributed by atoms with E-state index in [2.05, 4.69) is 28.6 Å². The monoisotopic (exact) mass is 266 g/mol. The number of hydrogen-bond donors (Lipinski definition) is 2. The molecule has 1 saturated heterocycles. The van der Waals surface area contributed by atoms with Gasteiger partial charge >= 0.3 is 0 Å². The lowest BCUT2D eigenvalue weighted by Crippen LogP contribution is -2.34. The first-order chi connectivity index (χ1) is 8.78. The molecule has 1 fully saturated rings. The maximum absolute atomic E-state index is 9.99. The highest BCUT2D eigenvalue weighted by Gasteiger charge is 2.15. The summed E-state index contributed by atoms with van der Waals surface area (Å²) in [4.78, 5) is 3.58. The topological polar surface area (TPSA) is 35.5 Å². The zero-order valence-electron chi connectivity index (χ0n) is 10.9. The summed E-state index contributed by atoms with van der Waals surface area (Å²) in [6, 6.07) is 8.30. The van der Waals surface area contributed by atoms with Gasteiger partial charge in [0.25, 0.3) is 0 Å². The molecule has 0 spiro atoms. The molecule has 2 N–H and O–H groups in total. The molecule has 0 aromatic heterocycles. The van der Waals surface area contributed by atoms with Crippen LogP contribution in [-0.2, 0) is 0 Å². The maximum Gasteiger partial charge on any atom is 0.0839 e. The van der Waals surface area contributed by atoms with Crippen LogP contribution in [0, 0.1) is 0 Å². The molecule has 1 aliphatic heterocycles. The summed E-state index contributed by atoms with van der Waals surface area (Å²) in [5, 5.41) is 13.3. The van der Waals surface area contributed by atoms with Crippen LogP contribution >= 0.6 is 11.8 Å². The molecular weight excluding hydrogens is 244 g/mol. The number of aliphatic hydroxyl groups excluding tert-OH is 1. The number of hydrogen-bond acceptors (Lipinski definition) is 4. The predicted octanol–water partition coefficient (Wildman–Crippen LogP) is 2.28. The third-order valence-electron chi connectivity index (χ3n) is 3.28. The normalized spacial score (nSPS) is 17.9. The molecule has 1 aliphatic rings. The fraction of sp³-hybridized carbons (Fsp3) is 0.571. The first kappa shape index (κ1) is 13.7. The maximum atomic E-state index is 9.99. The summed E-state index contributed by atoms with van der Waals surface area (Å²) in [5.41, 5.74) is 1.09. The van der Waals surface area contributed by atoms with E-state index in [1.165, 1.54) is 17.7 Å². The first-order valence-electron chi connectivity index (χ1n) is 6.56. The van der Waals surface area contributed by atoms with E-state index < -0.39 is 0 Å². The van der Waals surface area contributed by atoms with E-state index >= 15 is 0 Å². The van der Waals surface area contributed by atoms with Gasteiger partial charge in [0.2, 0.25) is 0 Å². The number of likely N-dealkylation sites (tertiary alicyclic amines) is 1. The summed E-state index contributed by atoms with van der Waals surface area (Å²) in [7, 11) is 0. The van der Waals surface area contributed by atoms with Gasteiger partial charge in [0, 0.05) is 23.7 Å². The second kappa shape index (κ2) is 7.02. The Morgan fingerprint density at radius 1 is 1.39 bits per heavy atom. The number of thioether (sulfide) groups is 1. The van der Waals surface area contributed by atoms with Gasteiger partial charge in [-0.3, -0.25) is 0 Å². The molecule has 0 aliphatic carbocycles. The summed E-state index contributed by atoms with van der Waals surface area (Å²) in [6.07, 6.45) is 4.33. The van der Waals surface area contributed by atoms with Crippen LogP contribution < -0.4 is 5.32 Å². The fourth-order valence-corrected chi connectivity index (χ4v) is 2.76. The van der Waals surface area contributed by atoms with Crippen LogP contribution in [0.25, 0.3) is 0 Å². The Labute approximate surface area is 114 Å². The van der Waals surface area contributed by atoms with Crippen LogP contribution in [0.15, 0.2) is 29.2 Å². The van der Waals surface area contributed by atoms with Gasteiger partial charge in [0.05, 0.1) is 6.10 Å². The molecule has 1 atom stereocenters. The third kappa shape index (κ3) is 4.19. The molecular formula is C14H22N2OS. The van der Waals surface area contributed by atoms with Gasteiger partial charge in [-0.1, -0.05) is 6.07 Å². The van der Waals surface area contributed by atoms with Crippen molar-refractivity contribution in [2.45, 2.75) is 23.8 Å². The Morgan fingerprint density at radius 2 is 2.17 bits per heavy atom. The molecule has 100 valence electrons. The molecule has 18 heavy (non-hydrogen) atoms. The number of nitrogens with one attached hydrogen (secondary N) is 1. The summed E-state index contributed by atoms with van der Waals surface area (Å²) >= 11 is 1.73. The lowest BCUT2D eigenvalue weighted by molar-refractivity contribution is 0.135. The van der Waals surface area contributed by atoms with Crippen LogP contribution in [0.4, 0.5) is 5.69 Å². The quantitative estimate of drug-likeness (QED) is 0.774. The van der Waals surface area contributed by atoms with Gasteiger partial charge in [0.15, 0.2) is 0 Å². The molecule has 3 nitrogen and oxygen atoms in total. The van der Waals surface area contributed by atoms with Crippen molar-refractivity contribution in [1.82, 2.24) is 4.90 Å². The zero-order chi connectivity index (χ0) is 12.8. The smallest absolute Gasteiger partial charge is 0.0839 e. The van der Waals surface area contributed by atoms with Crippen molar-refractivity contribution in [3.63, 3.8) is 0 Å². The summed E-state index contributed by atoms with van der Waals surface area (Å²) in [6.45, 7) is 3.68. The number of nitrogens with zero attached hydrogens (tertiary/aromatic N) is 1. The van der Waals surface area contributed by atoms with Crippen LogP contribution in [0.3, 0.4) is 0 Å². The Bertz CT molecular complexity index is 367. The zero-order valence-corrected chi connectivity index (χ0v) is 11.7. The standard InChI is InChI=1S/C14H22N2OS/c1-18-14-6-4-5-12(9-14)15-10-13(17)11-16-7-2-3-8-16/h4-6,9,13,15,17H,2-3,7-8,10-11H2,1H3. The van der Waals surface area contributed by atoms with Gasteiger partial charge in [-0.15, -0.1) is 11.8 Å². The molecule has 1 aromatic rings. The van der Waals surface area contributed by atoms with Crippen LogP contribution in [0.5, 0.6) is 0 Å². The lowest BCUT2D eigenvalue weighted by Gasteiger charge is -2.20. The third-order valence-corrected chi connectivity index (χ3v) is 4.00. The van der Waals surface area contributed by atoms with Crippen molar-refractivity contribution >= 4 is 17.4 Å². The van der Waals surface area contributed by atoms with Gasteiger partial charge in [-0.2, -0.15) is 0 Å². The van der Waals surface area contributed by atoms with Gasteiger partial charge in [-0.05, 0) is 50.4 Å².